The quantitative estimate of drug-likeness (QED) is 0.763. The van der Waals surface area contributed by atoms with E-state index in [2.05, 4.69) is 12.2 Å². The SMILES string of the molecule is CCCCC(C(=O)NC1CCCCC1)N1C(=O)[C@@H]2CCCC[C@@H]21. The van der Waals surface area contributed by atoms with Crippen LogP contribution >= 0.6 is 0 Å². The molecule has 2 amide bonds. The molecular formula is C19H32N2O2. The van der Waals surface area contributed by atoms with Crippen molar-refractivity contribution in [3.05, 3.63) is 0 Å². The van der Waals surface area contributed by atoms with Gasteiger partial charge in [0, 0.05) is 12.1 Å². The maximum Gasteiger partial charge on any atom is 0.243 e. The zero-order valence-corrected chi connectivity index (χ0v) is 14.6. The molecule has 1 saturated heterocycles. The van der Waals surface area contributed by atoms with Gasteiger partial charge in [0.05, 0.1) is 5.92 Å². The summed E-state index contributed by atoms with van der Waals surface area (Å²) in [6, 6.07) is 0.456. The summed E-state index contributed by atoms with van der Waals surface area (Å²) in [5.74, 6) is 0.577. The summed E-state index contributed by atoms with van der Waals surface area (Å²) in [6.45, 7) is 2.15. The van der Waals surface area contributed by atoms with Gasteiger partial charge in [-0.15, -0.1) is 0 Å². The second kappa shape index (κ2) is 7.67. The minimum atomic E-state index is -0.219. The molecule has 2 aliphatic carbocycles. The van der Waals surface area contributed by atoms with Crippen molar-refractivity contribution in [2.45, 2.75) is 102 Å². The van der Waals surface area contributed by atoms with Crippen molar-refractivity contribution in [3.8, 4) is 0 Å². The van der Waals surface area contributed by atoms with E-state index < -0.39 is 0 Å². The molecule has 0 aromatic heterocycles. The van der Waals surface area contributed by atoms with Gasteiger partial charge in [-0.3, -0.25) is 9.59 Å². The largest absolute Gasteiger partial charge is 0.352 e. The van der Waals surface area contributed by atoms with Crippen LogP contribution in [0.15, 0.2) is 0 Å². The molecule has 1 aliphatic heterocycles. The van der Waals surface area contributed by atoms with Crippen LogP contribution in [0.1, 0.15) is 84.0 Å². The third-order valence-corrected chi connectivity index (χ3v) is 6.08. The van der Waals surface area contributed by atoms with Gasteiger partial charge < -0.3 is 10.2 Å². The van der Waals surface area contributed by atoms with E-state index >= 15 is 0 Å². The number of hydrogen-bond donors (Lipinski definition) is 1. The number of hydrogen-bond acceptors (Lipinski definition) is 2. The number of likely N-dealkylation sites (tertiary alicyclic amines) is 1. The summed E-state index contributed by atoms with van der Waals surface area (Å²) >= 11 is 0. The topological polar surface area (TPSA) is 49.4 Å². The molecule has 3 aliphatic rings. The van der Waals surface area contributed by atoms with Gasteiger partial charge in [0.15, 0.2) is 0 Å². The van der Waals surface area contributed by atoms with Crippen LogP contribution in [0.2, 0.25) is 0 Å². The first-order valence-electron chi connectivity index (χ1n) is 9.85. The molecule has 1 unspecified atom stereocenters. The molecule has 3 atom stereocenters. The Bertz CT molecular complexity index is 431. The summed E-state index contributed by atoms with van der Waals surface area (Å²) in [7, 11) is 0. The fourth-order valence-corrected chi connectivity index (χ4v) is 4.73. The number of carbonyl (C=O) groups is 2. The molecule has 0 spiro atoms. The van der Waals surface area contributed by atoms with E-state index in [0.29, 0.717) is 12.1 Å². The first kappa shape index (κ1) is 16.8. The highest BCUT2D eigenvalue weighted by molar-refractivity contribution is 5.93. The lowest BCUT2D eigenvalue weighted by atomic mass is 9.74. The molecule has 1 heterocycles. The number of nitrogens with zero attached hydrogens (tertiary/aromatic N) is 1. The number of nitrogens with one attached hydrogen (secondary N) is 1. The highest BCUT2D eigenvalue weighted by Gasteiger charge is 2.51. The van der Waals surface area contributed by atoms with Gasteiger partial charge in [0.2, 0.25) is 11.8 Å². The van der Waals surface area contributed by atoms with Crippen molar-refractivity contribution in [3.63, 3.8) is 0 Å². The Morgan fingerprint density at radius 1 is 1.13 bits per heavy atom. The molecule has 130 valence electrons. The lowest BCUT2D eigenvalue weighted by Gasteiger charge is -2.53. The number of unbranched alkanes of at least 4 members (excludes halogenated alkanes) is 1. The van der Waals surface area contributed by atoms with Crippen molar-refractivity contribution in [2.75, 3.05) is 0 Å². The molecule has 0 bridgehead atoms. The number of fused-ring (bicyclic) bond motifs is 1. The normalized spacial score (nSPS) is 29.6. The second-order valence-corrected chi connectivity index (χ2v) is 7.71. The highest BCUT2D eigenvalue weighted by Crippen LogP contribution is 2.40. The monoisotopic (exact) mass is 320 g/mol. The Hall–Kier alpha value is -1.06. The van der Waals surface area contributed by atoms with Crippen LogP contribution < -0.4 is 5.32 Å². The molecule has 2 saturated carbocycles. The summed E-state index contributed by atoms with van der Waals surface area (Å²) < 4.78 is 0. The number of rotatable bonds is 6. The van der Waals surface area contributed by atoms with E-state index in [1.54, 1.807) is 0 Å². The summed E-state index contributed by atoms with van der Waals surface area (Å²) in [5, 5.41) is 3.26. The minimum absolute atomic E-state index is 0.114. The third kappa shape index (κ3) is 3.56. The van der Waals surface area contributed by atoms with Crippen LogP contribution in [-0.4, -0.2) is 34.8 Å². The summed E-state index contributed by atoms with van der Waals surface area (Å²) in [6.07, 6.45) is 13.4. The average Bonchev–Trinajstić information content (AvgIpc) is 2.58. The fraction of sp³-hybridized carbons (Fsp3) is 0.895. The average molecular weight is 320 g/mol. The van der Waals surface area contributed by atoms with Crippen LogP contribution in [0.4, 0.5) is 0 Å². The first-order chi connectivity index (χ1) is 11.2. The van der Waals surface area contributed by atoms with Gasteiger partial charge in [-0.1, -0.05) is 51.9 Å². The van der Waals surface area contributed by atoms with Crippen LogP contribution in [-0.2, 0) is 9.59 Å². The predicted octanol–water partition coefficient (Wildman–Crippen LogP) is 3.40. The second-order valence-electron chi connectivity index (χ2n) is 7.71. The molecule has 4 heteroatoms. The Kier molecular flexibility index (Phi) is 5.60. The molecule has 3 rings (SSSR count). The molecule has 0 aromatic carbocycles. The Morgan fingerprint density at radius 2 is 1.83 bits per heavy atom. The third-order valence-electron chi connectivity index (χ3n) is 6.08. The fourth-order valence-electron chi connectivity index (χ4n) is 4.73. The van der Waals surface area contributed by atoms with Gasteiger partial charge in [0.25, 0.3) is 0 Å². The summed E-state index contributed by atoms with van der Waals surface area (Å²) in [5.41, 5.74) is 0. The Labute approximate surface area is 140 Å². The zero-order valence-electron chi connectivity index (χ0n) is 14.6. The Balaban J connectivity index is 1.64. The molecule has 23 heavy (non-hydrogen) atoms. The van der Waals surface area contributed by atoms with E-state index in [9.17, 15) is 9.59 Å². The highest BCUT2D eigenvalue weighted by atomic mass is 16.2. The van der Waals surface area contributed by atoms with Crippen LogP contribution in [0, 0.1) is 5.92 Å². The van der Waals surface area contributed by atoms with Crippen molar-refractivity contribution in [2.24, 2.45) is 5.92 Å². The van der Waals surface area contributed by atoms with E-state index in [0.717, 1.165) is 44.9 Å². The van der Waals surface area contributed by atoms with E-state index in [-0.39, 0.29) is 23.8 Å². The van der Waals surface area contributed by atoms with Crippen LogP contribution in [0.5, 0.6) is 0 Å². The van der Waals surface area contributed by atoms with Crippen molar-refractivity contribution in [1.29, 1.82) is 0 Å². The van der Waals surface area contributed by atoms with Crippen molar-refractivity contribution in [1.82, 2.24) is 10.2 Å². The molecule has 0 aromatic rings. The van der Waals surface area contributed by atoms with Crippen molar-refractivity contribution < 1.29 is 9.59 Å². The minimum Gasteiger partial charge on any atom is -0.352 e. The van der Waals surface area contributed by atoms with Crippen LogP contribution in [0.3, 0.4) is 0 Å². The standard InChI is InChI=1S/C19H32N2O2/c1-2-3-12-17(18(22)20-14-9-5-4-6-10-14)21-16-13-8-7-11-15(16)19(21)23/h14-17H,2-13H2,1H3,(H,20,22)/t15-,16+,17?/m1/s1. The molecule has 4 nitrogen and oxygen atoms in total. The maximum atomic E-state index is 12.9. The van der Waals surface area contributed by atoms with Gasteiger partial charge in [-0.05, 0) is 32.1 Å². The first-order valence-corrected chi connectivity index (χ1v) is 9.85. The predicted molar refractivity (Wildman–Crippen MR) is 90.9 cm³/mol. The maximum absolute atomic E-state index is 12.9. The number of amides is 2. The van der Waals surface area contributed by atoms with E-state index in [1.807, 2.05) is 4.90 Å². The van der Waals surface area contributed by atoms with Crippen molar-refractivity contribution >= 4 is 11.8 Å². The van der Waals surface area contributed by atoms with Gasteiger partial charge in [-0.2, -0.15) is 0 Å². The smallest absolute Gasteiger partial charge is 0.243 e. The number of β-lactam (4-membered cyclic amide) rings is 1. The molecular weight excluding hydrogens is 288 g/mol. The zero-order chi connectivity index (χ0) is 16.2. The van der Waals surface area contributed by atoms with E-state index in [1.165, 1.54) is 32.1 Å². The number of carbonyl (C=O) groups excluding carboxylic acids is 2. The molecule has 3 fully saturated rings. The molecule has 0 radical (unpaired) electrons. The molecule has 1 N–H and O–H groups in total. The van der Waals surface area contributed by atoms with Crippen LogP contribution in [0.25, 0.3) is 0 Å². The van der Waals surface area contributed by atoms with Gasteiger partial charge in [-0.25, -0.2) is 0 Å². The summed E-state index contributed by atoms with van der Waals surface area (Å²) in [4.78, 5) is 27.4. The van der Waals surface area contributed by atoms with E-state index in [4.69, 9.17) is 0 Å². The lowest BCUT2D eigenvalue weighted by Crippen LogP contribution is -2.68. The Morgan fingerprint density at radius 3 is 2.57 bits per heavy atom. The lowest BCUT2D eigenvalue weighted by molar-refractivity contribution is -0.168. The van der Waals surface area contributed by atoms with Gasteiger partial charge >= 0.3 is 0 Å². The van der Waals surface area contributed by atoms with Gasteiger partial charge in [0.1, 0.15) is 6.04 Å².